The minimum Gasteiger partial charge on any atom is -0.321 e. The average Bonchev–Trinajstić information content (AvgIpc) is 3.15. The van der Waals surface area contributed by atoms with Crippen molar-refractivity contribution >= 4 is 0 Å². The van der Waals surface area contributed by atoms with Crippen molar-refractivity contribution in [2.75, 3.05) is 0 Å². The summed E-state index contributed by atoms with van der Waals surface area (Å²) in [6.45, 7) is 0. The van der Waals surface area contributed by atoms with Crippen molar-refractivity contribution in [1.29, 1.82) is 0 Å². The molecule has 0 radical (unpaired) electrons. The maximum Gasteiger partial charge on any atom is 0.150 e. The average molecular weight is 270 g/mol. The van der Waals surface area contributed by atoms with Gasteiger partial charge < -0.3 is 10.3 Å². The van der Waals surface area contributed by atoms with E-state index >= 15 is 0 Å². The first-order valence-electron chi connectivity index (χ1n) is 7.53. The van der Waals surface area contributed by atoms with Crippen LogP contribution >= 0.6 is 0 Å². The van der Waals surface area contributed by atoms with Crippen molar-refractivity contribution < 1.29 is 0 Å². The van der Waals surface area contributed by atoms with Crippen LogP contribution in [-0.4, -0.2) is 14.8 Å². The normalized spacial score (nSPS) is 17.4. The summed E-state index contributed by atoms with van der Waals surface area (Å²) in [4.78, 5) is 0. The quantitative estimate of drug-likeness (QED) is 0.908. The van der Waals surface area contributed by atoms with Crippen LogP contribution in [0.25, 0.3) is 0 Å². The van der Waals surface area contributed by atoms with Gasteiger partial charge in [0.2, 0.25) is 0 Å². The van der Waals surface area contributed by atoms with Crippen LogP contribution in [0.2, 0.25) is 0 Å². The molecule has 1 fully saturated rings. The van der Waals surface area contributed by atoms with Crippen molar-refractivity contribution in [1.82, 2.24) is 14.8 Å². The molecule has 0 saturated heterocycles. The number of nitrogens with two attached hydrogens (primary N) is 1. The predicted octanol–water partition coefficient (Wildman–Crippen LogP) is 3.03. The van der Waals surface area contributed by atoms with E-state index in [0.717, 1.165) is 18.7 Å². The highest BCUT2D eigenvalue weighted by atomic mass is 15.3. The molecule has 0 amide bonds. The maximum absolute atomic E-state index is 6.33. The third kappa shape index (κ3) is 2.90. The van der Waals surface area contributed by atoms with E-state index in [-0.39, 0.29) is 6.04 Å². The molecular formula is C16H22N4. The molecule has 1 aromatic carbocycles. The molecule has 2 N–H and O–H groups in total. The van der Waals surface area contributed by atoms with E-state index in [1.807, 2.05) is 12.4 Å². The Balaban J connectivity index is 1.65. The van der Waals surface area contributed by atoms with Crippen molar-refractivity contribution in [2.24, 2.45) is 5.73 Å². The lowest BCUT2D eigenvalue weighted by molar-refractivity contribution is 0.467. The van der Waals surface area contributed by atoms with Gasteiger partial charge in [-0.15, -0.1) is 10.2 Å². The molecule has 106 valence electrons. The predicted molar refractivity (Wildman–Crippen MR) is 79.2 cm³/mol. The second kappa shape index (κ2) is 6.18. The molecular weight excluding hydrogens is 248 g/mol. The highest BCUT2D eigenvalue weighted by Crippen LogP contribution is 2.31. The van der Waals surface area contributed by atoms with Gasteiger partial charge in [-0.3, -0.25) is 0 Å². The standard InChI is InChI=1S/C16H22N4/c17-15(11-10-13-6-2-1-3-7-13)16-19-18-12-20(16)14-8-4-5-9-14/h1-3,6-7,12,14-15H,4-5,8-11,17H2. The minimum absolute atomic E-state index is 0.0293. The minimum atomic E-state index is -0.0293. The van der Waals surface area contributed by atoms with E-state index in [0.29, 0.717) is 6.04 Å². The number of benzene rings is 1. The Kier molecular flexibility index (Phi) is 4.11. The van der Waals surface area contributed by atoms with E-state index in [2.05, 4.69) is 39.0 Å². The van der Waals surface area contributed by atoms with Gasteiger partial charge in [-0.1, -0.05) is 43.2 Å². The van der Waals surface area contributed by atoms with Crippen LogP contribution in [0.1, 0.15) is 55.6 Å². The van der Waals surface area contributed by atoms with Gasteiger partial charge in [0.15, 0.2) is 0 Å². The largest absolute Gasteiger partial charge is 0.321 e. The van der Waals surface area contributed by atoms with E-state index in [1.165, 1.54) is 31.2 Å². The van der Waals surface area contributed by atoms with E-state index in [4.69, 9.17) is 5.73 Å². The summed E-state index contributed by atoms with van der Waals surface area (Å²) in [6.07, 6.45) is 8.83. The Hall–Kier alpha value is -1.68. The third-order valence-electron chi connectivity index (χ3n) is 4.24. The van der Waals surface area contributed by atoms with Crippen molar-refractivity contribution in [3.63, 3.8) is 0 Å². The molecule has 1 aliphatic carbocycles. The van der Waals surface area contributed by atoms with Crippen LogP contribution in [0, 0.1) is 0 Å². The van der Waals surface area contributed by atoms with Gasteiger partial charge in [0.25, 0.3) is 0 Å². The van der Waals surface area contributed by atoms with Gasteiger partial charge in [-0.2, -0.15) is 0 Å². The Labute approximate surface area is 120 Å². The zero-order valence-electron chi connectivity index (χ0n) is 11.8. The Bertz CT molecular complexity index is 528. The van der Waals surface area contributed by atoms with Gasteiger partial charge >= 0.3 is 0 Å². The first kappa shape index (κ1) is 13.3. The van der Waals surface area contributed by atoms with Crippen LogP contribution < -0.4 is 5.73 Å². The number of hydrogen-bond donors (Lipinski definition) is 1. The van der Waals surface area contributed by atoms with Gasteiger partial charge in [0, 0.05) is 6.04 Å². The third-order valence-corrected chi connectivity index (χ3v) is 4.24. The van der Waals surface area contributed by atoms with Crippen molar-refractivity contribution in [3.8, 4) is 0 Å². The smallest absolute Gasteiger partial charge is 0.150 e. The first-order valence-corrected chi connectivity index (χ1v) is 7.53. The topological polar surface area (TPSA) is 56.7 Å². The highest BCUT2D eigenvalue weighted by Gasteiger charge is 2.22. The second-order valence-corrected chi connectivity index (χ2v) is 5.67. The van der Waals surface area contributed by atoms with E-state index in [9.17, 15) is 0 Å². The summed E-state index contributed by atoms with van der Waals surface area (Å²) in [5, 5.41) is 8.34. The van der Waals surface area contributed by atoms with Crippen LogP contribution in [0.3, 0.4) is 0 Å². The van der Waals surface area contributed by atoms with Crippen LogP contribution in [0.4, 0.5) is 0 Å². The molecule has 1 unspecified atom stereocenters. The van der Waals surface area contributed by atoms with Crippen LogP contribution in [0.15, 0.2) is 36.7 Å². The van der Waals surface area contributed by atoms with Crippen molar-refractivity contribution in [2.45, 2.75) is 50.6 Å². The van der Waals surface area contributed by atoms with E-state index in [1.54, 1.807) is 0 Å². The first-order chi connectivity index (χ1) is 9.84. The Morgan fingerprint density at radius 1 is 1.20 bits per heavy atom. The van der Waals surface area contributed by atoms with Crippen molar-refractivity contribution in [3.05, 3.63) is 48.0 Å². The molecule has 0 bridgehead atoms. The fourth-order valence-electron chi connectivity index (χ4n) is 3.08. The summed E-state index contributed by atoms with van der Waals surface area (Å²) in [6, 6.07) is 11.0. The zero-order valence-corrected chi connectivity index (χ0v) is 11.8. The molecule has 4 heteroatoms. The number of hydrogen-bond acceptors (Lipinski definition) is 3. The molecule has 1 saturated carbocycles. The molecule has 0 aliphatic heterocycles. The summed E-state index contributed by atoms with van der Waals surface area (Å²) < 4.78 is 2.21. The van der Waals surface area contributed by atoms with Gasteiger partial charge in [-0.05, 0) is 31.2 Å². The van der Waals surface area contributed by atoms with Crippen LogP contribution in [0.5, 0.6) is 0 Å². The Morgan fingerprint density at radius 3 is 2.70 bits per heavy atom. The van der Waals surface area contributed by atoms with Gasteiger partial charge in [0.1, 0.15) is 12.2 Å². The number of aromatic nitrogens is 3. The second-order valence-electron chi connectivity index (χ2n) is 5.67. The summed E-state index contributed by atoms with van der Waals surface area (Å²) in [5.74, 6) is 0.952. The fourth-order valence-corrected chi connectivity index (χ4v) is 3.08. The molecule has 1 heterocycles. The lowest BCUT2D eigenvalue weighted by Gasteiger charge is -2.17. The van der Waals surface area contributed by atoms with Gasteiger partial charge in [0.05, 0.1) is 6.04 Å². The molecule has 4 nitrogen and oxygen atoms in total. The number of aryl methyl sites for hydroxylation is 1. The fraction of sp³-hybridized carbons (Fsp3) is 0.500. The maximum atomic E-state index is 6.33. The summed E-state index contributed by atoms with van der Waals surface area (Å²) in [7, 11) is 0. The lowest BCUT2D eigenvalue weighted by Crippen LogP contribution is -2.19. The summed E-state index contributed by atoms with van der Waals surface area (Å²) in [5.41, 5.74) is 7.66. The van der Waals surface area contributed by atoms with E-state index < -0.39 is 0 Å². The number of rotatable bonds is 5. The molecule has 1 aliphatic rings. The molecule has 20 heavy (non-hydrogen) atoms. The molecule has 2 aromatic rings. The molecule has 0 spiro atoms. The Morgan fingerprint density at radius 2 is 1.95 bits per heavy atom. The monoisotopic (exact) mass is 270 g/mol. The van der Waals surface area contributed by atoms with Crippen LogP contribution in [-0.2, 0) is 6.42 Å². The molecule has 1 aromatic heterocycles. The number of nitrogens with zero attached hydrogens (tertiary/aromatic N) is 3. The molecule has 3 rings (SSSR count). The zero-order chi connectivity index (χ0) is 13.8. The highest BCUT2D eigenvalue weighted by molar-refractivity contribution is 5.15. The summed E-state index contributed by atoms with van der Waals surface area (Å²) >= 11 is 0. The van der Waals surface area contributed by atoms with Gasteiger partial charge in [-0.25, -0.2) is 0 Å². The molecule has 1 atom stereocenters. The SMILES string of the molecule is NC(CCc1ccccc1)c1nncn1C1CCCC1. The lowest BCUT2D eigenvalue weighted by atomic mass is 10.1.